The maximum atomic E-state index is 12.7. The summed E-state index contributed by atoms with van der Waals surface area (Å²) in [5, 5.41) is 11.4. The van der Waals surface area contributed by atoms with Gasteiger partial charge in [-0.2, -0.15) is 0 Å². The molecule has 26 heavy (non-hydrogen) atoms. The lowest BCUT2D eigenvalue weighted by atomic mass is 9.79. The first-order valence-electron chi connectivity index (χ1n) is 8.92. The van der Waals surface area contributed by atoms with Gasteiger partial charge >= 0.3 is 5.97 Å². The van der Waals surface area contributed by atoms with E-state index in [0.717, 1.165) is 35.3 Å². The molecular formula is C19H24N2O4S. The van der Waals surface area contributed by atoms with Gasteiger partial charge in [-0.15, -0.1) is 11.3 Å². The number of carboxylic acids is 1. The van der Waals surface area contributed by atoms with E-state index >= 15 is 0 Å². The Morgan fingerprint density at radius 3 is 2.35 bits per heavy atom. The second kappa shape index (κ2) is 7.23. The van der Waals surface area contributed by atoms with Crippen LogP contribution in [0.4, 0.5) is 0 Å². The van der Waals surface area contributed by atoms with Crippen LogP contribution in [0.3, 0.4) is 0 Å². The van der Waals surface area contributed by atoms with E-state index in [1.807, 2.05) is 20.8 Å². The second-order valence-corrected chi connectivity index (χ2v) is 8.23. The largest absolute Gasteiger partial charge is 0.481 e. The zero-order valence-corrected chi connectivity index (χ0v) is 16.0. The van der Waals surface area contributed by atoms with E-state index in [-0.39, 0.29) is 17.7 Å². The van der Waals surface area contributed by atoms with Crippen LogP contribution in [-0.4, -0.2) is 22.9 Å². The van der Waals surface area contributed by atoms with Crippen LogP contribution in [0.5, 0.6) is 0 Å². The molecule has 2 aliphatic rings. The number of aryl methyl sites for hydroxylation is 1. The number of aliphatic carboxylic acids is 1. The molecule has 2 amide bonds. The number of carbonyl (C=O) groups is 3. The standard InChI is InChI=1S/C19H24N2O4S/c1-4-11-7-10(8-26-11)17(22)20-21-18(23)15-12-5-6-13(14(12)9(2)3)16(15)19(24)25/h7-8,12-13,15-16H,4-6H2,1-3H3,(H,20,22)(H,21,23)(H,24,25)/t12-,13+,15+,16-/m0/s1. The lowest BCUT2D eigenvalue weighted by Crippen LogP contribution is -2.48. The van der Waals surface area contributed by atoms with Crippen LogP contribution in [0.2, 0.25) is 0 Å². The minimum Gasteiger partial charge on any atom is -0.481 e. The van der Waals surface area contributed by atoms with Crippen LogP contribution in [0.25, 0.3) is 0 Å². The summed E-state index contributed by atoms with van der Waals surface area (Å²) in [5.41, 5.74) is 7.62. The van der Waals surface area contributed by atoms with Crippen LogP contribution < -0.4 is 10.9 Å². The van der Waals surface area contributed by atoms with E-state index in [2.05, 4.69) is 10.9 Å². The molecule has 0 saturated heterocycles. The SMILES string of the molecule is CCc1cc(C(=O)NNC(=O)[C@H]2[C@@H](C(=O)O)[C@@H]3CC[C@H]2C3=C(C)C)cs1. The lowest BCUT2D eigenvalue weighted by Gasteiger charge is -2.26. The van der Waals surface area contributed by atoms with Crippen LogP contribution in [0.15, 0.2) is 22.6 Å². The topological polar surface area (TPSA) is 95.5 Å². The number of thiophene rings is 1. The van der Waals surface area contributed by atoms with E-state index in [1.165, 1.54) is 11.3 Å². The van der Waals surface area contributed by atoms with Gasteiger partial charge in [0.25, 0.3) is 5.91 Å². The molecule has 3 rings (SSSR count). The zero-order chi connectivity index (χ0) is 19.0. The molecule has 2 bridgehead atoms. The molecule has 0 spiro atoms. The Morgan fingerprint density at radius 1 is 1.15 bits per heavy atom. The molecule has 1 aromatic rings. The summed E-state index contributed by atoms with van der Waals surface area (Å²) >= 11 is 1.50. The van der Waals surface area contributed by atoms with Crippen molar-refractivity contribution in [2.24, 2.45) is 23.7 Å². The first kappa shape index (κ1) is 18.6. The summed E-state index contributed by atoms with van der Waals surface area (Å²) in [7, 11) is 0. The first-order chi connectivity index (χ1) is 12.3. The lowest BCUT2D eigenvalue weighted by molar-refractivity contribution is -0.149. The van der Waals surface area contributed by atoms with Crippen molar-refractivity contribution in [3.63, 3.8) is 0 Å². The molecule has 6 nitrogen and oxygen atoms in total. The molecule has 3 N–H and O–H groups in total. The Balaban J connectivity index is 1.71. The Bertz CT molecular complexity index is 778. The molecule has 2 aliphatic carbocycles. The average Bonchev–Trinajstić information content (AvgIpc) is 3.30. The smallest absolute Gasteiger partial charge is 0.307 e. The number of hydrazine groups is 1. The van der Waals surface area contributed by atoms with Crippen LogP contribution >= 0.6 is 11.3 Å². The maximum absolute atomic E-state index is 12.7. The predicted molar refractivity (Wildman–Crippen MR) is 98.5 cm³/mol. The van der Waals surface area contributed by atoms with Gasteiger partial charge in [0.1, 0.15) is 0 Å². The van der Waals surface area contributed by atoms with E-state index in [1.54, 1.807) is 11.4 Å². The molecule has 0 radical (unpaired) electrons. The van der Waals surface area contributed by atoms with Crippen LogP contribution in [0.1, 0.15) is 48.8 Å². The molecule has 1 aromatic heterocycles. The van der Waals surface area contributed by atoms with Crippen molar-refractivity contribution >= 4 is 29.1 Å². The number of amides is 2. The molecule has 2 saturated carbocycles. The third kappa shape index (κ3) is 3.16. The van der Waals surface area contributed by atoms with Gasteiger partial charge in [-0.1, -0.05) is 18.1 Å². The highest BCUT2D eigenvalue weighted by atomic mass is 32.1. The number of hydrogen-bond acceptors (Lipinski definition) is 4. The minimum atomic E-state index is -0.937. The van der Waals surface area contributed by atoms with Gasteiger partial charge in [0.05, 0.1) is 17.4 Å². The zero-order valence-electron chi connectivity index (χ0n) is 15.2. The number of rotatable bonds is 4. The highest BCUT2D eigenvalue weighted by Gasteiger charge is 2.57. The fourth-order valence-electron chi connectivity index (χ4n) is 4.56. The van der Waals surface area contributed by atoms with Crippen LogP contribution in [-0.2, 0) is 16.0 Å². The van der Waals surface area contributed by atoms with Gasteiger partial charge in [0, 0.05) is 10.3 Å². The average molecular weight is 376 g/mol. The van der Waals surface area contributed by atoms with Gasteiger partial charge in [-0.3, -0.25) is 25.2 Å². The third-order valence-electron chi connectivity index (χ3n) is 5.57. The minimum absolute atomic E-state index is 0.0455. The summed E-state index contributed by atoms with van der Waals surface area (Å²) in [6, 6.07) is 1.80. The van der Waals surface area contributed by atoms with Crippen molar-refractivity contribution in [2.45, 2.75) is 40.0 Å². The van der Waals surface area contributed by atoms with Crippen molar-refractivity contribution in [2.75, 3.05) is 0 Å². The number of hydrogen-bond donors (Lipinski definition) is 3. The second-order valence-electron chi connectivity index (χ2n) is 7.23. The molecule has 140 valence electrons. The summed E-state index contributed by atoms with van der Waals surface area (Å²) in [6.45, 7) is 5.96. The number of carbonyl (C=O) groups excluding carboxylic acids is 2. The Hall–Kier alpha value is -2.15. The summed E-state index contributed by atoms with van der Waals surface area (Å²) in [5.74, 6) is -3.20. The van der Waals surface area contributed by atoms with E-state index < -0.39 is 23.7 Å². The van der Waals surface area contributed by atoms with Crippen LogP contribution in [0, 0.1) is 23.7 Å². The normalized spacial score (nSPS) is 26.7. The van der Waals surface area contributed by atoms with Crippen molar-refractivity contribution in [3.05, 3.63) is 33.0 Å². The number of carboxylic acid groups (broad SMARTS) is 1. The van der Waals surface area contributed by atoms with Gasteiger partial charge in [-0.05, 0) is 51.0 Å². The van der Waals surface area contributed by atoms with E-state index in [4.69, 9.17) is 0 Å². The third-order valence-corrected chi connectivity index (χ3v) is 6.65. The van der Waals surface area contributed by atoms with E-state index in [9.17, 15) is 19.5 Å². The molecule has 4 atom stereocenters. The van der Waals surface area contributed by atoms with Crippen molar-refractivity contribution in [3.8, 4) is 0 Å². The van der Waals surface area contributed by atoms with Gasteiger partial charge < -0.3 is 5.11 Å². The number of fused-ring (bicyclic) bond motifs is 2. The maximum Gasteiger partial charge on any atom is 0.307 e. The molecule has 1 heterocycles. The summed E-state index contributed by atoms with van der Waals surface area (Å²) < 4.78 is 0. The Morgan fingerprint density at radius 2 is 1.81 bits per heavy atom. The van der Waals surface area contributed by atoms with Crippen molar-refractivity contribution < 1.29 is 19.5 Å². The first-order valence-corrected chi connectivity index (χ1v) is 9.80. The molecule has 2 fully saturated rings. The predicted octanol–water partition coefficient (Wildman–Crippen LogP) is 2.76. The monoisotopic (exact) mass is 376 g/mol. The number of nitrogens with one attached hydrogen (secondary N) is 2. The number of allylic oxidation sites excluding steroid dienone is 2. The van der Waals surface area contributed by atoms with Gasteiger partial charge in [-0.25, -0.2) is 0 Å². The molecule has 0 unspecified atom stereocenters. The summed E-state index contributed by atoms with van der Waals surface area (Å²) in [4.78, 5) is 37.8. The van der Waals surface area contributed by atoms with Gasteiger partial charge in [0.2, 0.25) is 5.91 Å². The molecule has 0 aromatic carbocycles. The fourth-order valence-corrected chi connectivity index (χ4v) is 5.38. The molecular weight excluding hydrogens is 352 g/mol. The summed E-state index contributed by atoms with van der Waals surface area (Å²) in [6.07, 6.45) is 2.49. The Kier molecular flexibility index (Phi) is 5.18. The van der Waals surface area contributed by atoms with Crippen molar-refractivity contribution in [1.29, 1.82) is 0 Å². The van der Waals surface area contributed by atoms with E-state index in [0.29, 0.717) is 5.56 Å². The molecule has 7 heteroatoms. The van der Waals surface area contributed by atoms with Gasteiger partial charge in [0.15, 0.2) is 0 Å². The highest BCUT2D eigenvalue weighted by molar-refractivity contribution is 7.10. The quantitative estimate of drug-likeness (QED) is 0.556. The Labute approximate surface area is 156 Å². The molecule has 0 aliphatic heterocycles. The van der Waals surface area contributed by atoms with Crippen molar-refractivity contribution in [1.82, 2.24) is 10.9 Å². The highest BCUT2D eigenvalue weighted by Crippen LogP contribution is 2.57. The fraction of sp³-hybridized carbons (Fsp3) is 0.526.